The molecule has 0 atom stereocenters. The Kier molecular flexibility index (Phi) is 37.2. The van der Waals surface area contributed by atoms with Gasteiger partial charge in [0.05, 0.1) is 0 Å². The Morgan fingerprint density at radius 1 is 0.211 bits per heavy atom. The maximum absolute atomic E-state index is 2.00. The first-order chi connectivity index (χ1) is 8.00. The van der Waals surface area contributed by atoms with E-state index >= 15 is 0 Å². The molecule has 0 N–H and O–H groups in total. The molecule has 0 saturated heterocycles. The fraction of sp³-hybridized carbons (Fsp3) is 0. The molecule has 3 heteroatoms. The summed E-state index contributed by atoms with van der Waals surface area (Å²) in [5, 5.41) is 0. The van der Waals surface area contributed by atoms with Crippen LogP contribution in [0.1, 0.15) is 0 Å². The molecular formula is C16H16K2Sm+2. The zero-order valence-electron chi connectivity index (χ0n) is 11.6. The number of hydrogen-bond acceptors (Lipinski definition) is 0. The molecule has 0 heterocycles. The van der Waals surface area contributed by atoms with Gasteiger partial charge in [0, 0.05) is 40.4 Å². The minimum atomic E-state index is 0. The number of hydrogen-bond donors (Lipinski definition) is 0. The molecule has 2 aliphatic carbocycles. The Labute approximate surface area is 240 Å². The number of rotatable bonds is 0. The molecule has 2 saturated carbocycles. The third-order valence-electron chi connectivity index (χ3n) is 1.78. The molecule has 2 aliphatic rings. The maximum atomic E-state index is 2.00. The van der Waals surface area contributed by atoms with Crippen LogP contribution in [0, 0.1) is 143 Å². The van der Waals surface area contributed by atoms with Gasteiger partial charge in [0.15, 0.2) is 0 Å². The van der Waals surface area contributed by atoms with Gasteiger partial charge in [0.2, 0.25) is 0 Å². The van der Waals surface area contributed by atoms with Crippen molar-refractivity contribution in [2.75, 3.05) is 0 Å². The zero-order chi connectivity index (χ0) is 11.3. The maximum Gasteiger partial charge on any atom is 1.00 e. The fourth-order valence-corrected chi connectivity index (χ4v) is 1.03. The topological polar surface area (TPSA) is 0 Å². The van der Waals surface area contributed by atoms with Crippen molar-refractivity contribution in [2.45, 2.75) is 0 Å². The van der Waals surface area contributed by atoms with Crippen LogP contribution >= 0.6 is 0 Å². The zero-order valence-corrected chi connectivity index (χ0v) is 20.5. The molecule has 2 rings (SSSR count). The molecule has 0 nitrogen and oxygen atoms in total. The van der Waals surface area contributed by atoms with Gasteiger partial charge in [0.1, 0.15) is 0 Å². The normalized spacial score (nSPS) is 20.2. The molecule has 16 radical (unpaired) electrons. The van der Waals surface area contributed by atoms with Gasteiger partial charge < -0.3 is 0 Å². The molecule has 0 spiro atoms. The van der Waals surface area contributed by atoms with E-state index in [-0.39, 0.29) is 143 Å². The molecule has 19 heavy (non-hydrogen) atoms. The molecule has 0 bridgehead atoms. The van der Waals surface area contributed by atoms with Crippen LogP contribution in [0.25, 0.3) is 0 Å². The summed E-state index contributed by atoms with van der Waals surface area (Å²) in [6.07, 6.45) is 32.0. The van der Waals surface area contributed by atoms with E-state index in [1.807, 2.05) is 103 Å². The minimum absolute atomic E-state index is 0. The monoisotopic (exact) mass is 438 g/mol. The molecule has 0 aliphatic heterocycles. The average molecular weight is 437 g/mol. The van der Waals surface area contributed by atoms with Crippen molar-refractivity contribution in [3.05, 3.63) is 103 Å². The quantitative estimate of drug-likeness (QED) is 0.362. The summed E-state index contributed by atoms with van der Waals surface area (Å²) in [6, 6.07) is 0. The van der Waals surface area contributed by atoms with Crippen molar-refractivity contribution in [1.29, 1.82) is 0 Å². The summed E-state index contributed by atoms with van der Waals surface area (Å²) in [6.45, 7) is 0. The van der Waals surface area contributed by atoms with Gasteiger partial charge in [0.25, 0.3) is 0 Å². The second-order valence-electron chi connectivity index (χ2n) is 3.08. The van der Waals surface area contributed by atoms with Crippen molar-refractivity contribution in [2.24, 2.45) is 0 Å². The average Bonchev–Trinajstić information content (AvgIpc) is 2.15. The van der Waals surface area contributed by atoms with Crippen molar-refractivity contribution in [3.8, 4) is 0 Å². The molecule has 0 unspecified atom stereocenters. The van der Waals surface area contributed by atoms with E-state index in [1.54, 1.807) is 0 Å². The smallest absolute Gasteiger partial charge is 0.0312 e. The van der Waals surface area contributed by atoms with Crippen LogP contribution in [0.2, 0.25) is 0 Å². The fourth-order valence-electron chi connectivity index (χ4n) is 1.03. The summed E-state index contributed by atoms with van der Waals surface area (Å²) >= 11 is 0. The van der Waals surface area contributed by atoms with Crippen LogP contribution in [-0.4, -0.2) is 0 Å². The summed E-state index contributed by atoms with van der Waals surface area (Å²) in [7, 11) is 0. The van der Waals surface area contributed by atoms with E-state index in [1.165, 1.54) is 0 Å². The summed E-state index contributed by atoms with van der Waals surface area (Å²) in [5.41, 5.74) is 0. The van der Waals surface area contributed by atoms with Gasteiger partial charge in [-0.25, -0.2) is 0 Å². The minimum Gasteiger partial charge on any atom is -0.0312 e. The van der Waals surface area contributed by atoms with Crippen LogP contribution < -0.4 is 103 Å². The molecule has 0 aromatic carbocycles. The van der Waals surface area contributed by atoms with E-state index in [4.69, 9.17) is 0 Å². The molecule has 0 aromatic rings. The van der Waals surface area contributed by atoms with Crippen LogP contribution in [0.5, 0.6) is 0 Å². The molecule has 0 aromatic heterocycles. The van der Waals surface area contributed by atoms with E-state index in [0.717, 1.165) is 0 Å². The van der Waals surface area contributed by atoms with Gasteiger partial charge in [-0.2, -0.15) is 0 Å². The summed E-state index contributed by atoms with van der Waals surface area (Å²) in [4.78, 5) is 0. The molecular weight excluding hydrogens is 421 g/mol. The first-order valence-corrected chi connectivity index (χ1v) is 5.33. The summed E-state index contributed by atoms with van der Waals surface area (Å²) < 4.78 is 0. The van der Waals surface area contributed by atoms with E-state index in [2.05, 4.69) is 0 Å². The Morgan fingerprint density at radius 3 is 0.316 bits per heavy atom. The van der Waals surface area contributed by atoms with E-state index in [9.17, 15) is 0 Å². The van der Waals surface area contributed by atoms with Crippen LogP contribution in [0.3, 0.4) is 0 Å². The third-order valence-corrected chi connectivity index (χ3v) is 1.78. The predicted molar refractivity (Wildman–Crippen MR) is 68.8 cm³/mol. The standard InChI is InChI=1S/2C8H8.2K.Sm/c2*1-2-4-6-8-7-5-3-1;;;/h2*1-8H;;;/q;;2*+1;. The van der Waals surface area contributed by atoms with Gasteiger partial charge in [-0.3, -0.25) is 0 Å². The molecule has 0 amide bonds. The first kappa shape index (κ1) is 28.4. The largest absolute Gasteiger partial charge is 1.00 e. The Hall–Kier alpha value is 4.61. The van der Waals surface area contributed by atoms with Crippen LogP contribution in [-0.2, 0) is 0 Å². The van der Waals surface area contributed by atoms with Crippen LogP contribution in [0.15, 0.2) is 0 Å². The Balaban J connectivity index is -0.000000233. The van der Waals surface area contributed by atoms with Crippen molar-refractivity contribution < 1.29 is 143 Å². The predicted octanol–water partition coefficient (Wildman–Crippen LogP) is -2.72. The van der Waals surface area contributed by atoms with Crippen molar-refractivity contribution in [3.63, 3.8) is 0 Å². The Bertz CT molecular complexity index is 78.7. The SMILES string of the molecule is [CH]1[CH][CH][CH][CH][CH][CH][CH]1.[CH]1[CH][CH][CH][CH][CH][CH][CH]1.[K+].[K+].[Sm]. The van der Waals surface area contributed by atoms with Gasteiger partial charge in [-0.05, 0) is 103 Å². The van der Waals surface area contributed by atoms with Gasteiger partial charge >= 0.3 is 103 Å². The second kappa shape index (κ2) is 24.9. The molecule has 2 fully saturated rings. The van der Waals surface area contributed by atoms with E-state index in [0.29, 0.717) is 0 Å². The van der Waals surface area contributed by atoms with Gasteiger partial charge in [-0.1, -0.05) is 0 Å². The Morgan fingerprint density at radius 2 is 0.263 bits per heavy atom. The summed E-state index contributed by atoms with van der Waals surface area (Å²) in [5.74, 6) is 0. The van der Waals surface area contributed by atoms with Crippen molar-refractivity contribution >= 4 is 0 Å². The van der Waals surface area contributed by atoms with Crippen molar-refractivity contribution in [1.82, 2.24) is 0 Å². The van der Waals surface area contributed by atoms with Crippen LogP contribution in [0.4, 0.5) is 0 Å². The second-order valence-corrected chi connectivity index (χ2v) is 3.08. The third kappa shape index (κ3) is 22.6. The first-order valence-electron chi connectivity index (χ1n) is 5.33. The molecule has 86 valence electrons. The van der Waals surface area contributed by atoms with Gasteiger partial charge in [-0.15, -0.1) is 0 Å². The van der Waals surface area contributed by atoms with E-state index < -0.39 is 0 Å².